The third-order valence-electron chi connectivity index (χ3n) is 3.63. The van der Waals surface area contributed by atoms with Gasteiger partial charge in [0.1, 0.15) is 18.8 Å². The van der Waals surface area contributed by atoms with Crippen molar-refractivity contribution in [1.82, 2.24) is 4.90 Å². The van der Waals surface area contributed by atoms with Crippen molar-refractivity contribution < 1.29 is 24.2 Å². The van der Waals surface area contributed by atoms with Crippen molar-refractivity contribution in [3.8, 4) is 5.75 Å². The zero-order valence-corrected chi connectivity index (χ0v) is 14.1. The quantitative estimate of drug-likeness (QED) is 0.849. The molecular formula is C17H22N2O5. The summed E-state index contributed by atoms with van der Waals surface area (Å²) in [6, 6.07) is 6.98. The smallest absolute Gasteiger partial charge is 0.323 e. The van der Waals surface area contributed by atoms with Crippen molar-refractivity contribution in [2.24, 2.45) is 5.92 Å². The summed E-state index contributed by atoms with van der Waals surface area (Å²) in [6.07, 6.45) is -0.689. The molecule has 7 nitrogen and oxygen atoms in total. The average Bonchev–Trinajstić information content (AvgIpc) is 2.50. The van der Waals surface area contributed by atoms with E-state index in [0.29, 0.717) is 18.0 Å². The summed E-state index contributed by atoms with van der Waals surface area (Å²) in [4.78, 5) is 38.6. The van der Waals surface area contributed by atoms with Crippen LogP contribution in [0.5, 0.6) is 5.75 Å². The maximum atomic E-state index is 12.6. The highest BCUT2D eigenvalue weighted by Crippen LogP contribution is 2.33. The molecule has 0 saturated carbocycles. The van der Waals surface area contributed by atoms with E-state index in [9.17, 15) is 14.4 Å². The molecule has 0 spiro atoms. The number of fused-ring (bicyclic) bond motifs is 1. The van der Waals surface area contributed by atoms with Gasteiger partial charge in [-0.3, -0.25) is 19.3 Å². The molecule has 1 aromatic carbocycles. The van der Waals surface area contributed by atoms with E-state index in [1.807, 2.05) is 13.8 Å². The summed E-state index contributed by atoms with van der Waals surface area (Å²) in [7, 11) is 0. The highest BCUT2D eigenvalue weighted by atomic mass is 16.5. The molecule has 1 heterocycles. The Morgan fingerprint density at radius 2 is 2.00 bits per heavy atom. The van der Waals surface area contributed by atoms with Gasteiger partial charge in [0.05, 0.1) is 5.69 Å². The maximum Gasteiger partial charge on any atom is 0.323 e. The number of carboxylic acids is 1. The molecule has 7 heteroatoms. The fourth-order valence-corrected chi connectivity index (χ4v) is 2.62. The molecule has 2 amide bonds. The van der Waals surface area contributed by atoms with Crippen LogP contribution in [0.2, 0.25) is 0 Å². The van der Waals surface area contributed by atoms with Gasteiger partial charge in [0.2, 0.25) is 5.91 Å². The van der Waals surface area contributed by atoms with Crippen LogP contribution < -0.4 is 9.64 Å². The monoisotopic (exact) mass is 334 g/mol. The molecule has 0 fully saturated rings. The van der Waals surface area contributed by atoms with E-state index < -0.39 is 18.0 Å². The number of anilines is 1. The molecule has 0 aromatic heterocycles. The first kappa shape index (κ1) is 17.8. The predicted molar refractivity (Wildman–Crippen MR) is 87.9 cm³/mol. The molecule has 1 aromatic rings. The standard InChI is InChI=1S/C17H22N2O5/c1-11(2)8-18(10-16(21)22)15(20)9-19-13-6-4-5-7-14(13)24-12(3)17(19)23/h4-7,11-12H,8-10H2,1-3H3,(H,21,22). The molecule has 0 saturated heterocycles. The van der Waals surface area contributed by atoms with Crippen LogP contribution in [0.3, 0.4) is 0 Å². The molecule has 0 radical (unpaired) electrons. The summed E-state index contributed by atoms with van der Waals surface area (Å²) >= 11 is 0. The SMILES string of the molecule is CC(C)CN(CC(=O)O)C(=O)CN1C(=O)C(C)Oc2ccccc21. The number of amides is 2. The molecule has 0 bridgehead atoms. The summed E-state index contributed by atoms with van der Waals surface area (Å²) in [5.41, 5.74) is 0.522. The topological polar surface area (TPSA) is 87.2 Å². The number of hydrogen-bond donors (Lipinski definition) is 1. The lowest BCUT2D eigenvalue weighted by molar-refractivity contribution is -0.144. The lowest BCUT2D eigenvalue weighted by Gasteiger charge is -2.34. The Bertz CT molecular complexity index is 644. The molecule has 1 unspecified atom stereocenters. The Balaban J connectivity index is 2.22. The van der Waals surface area contributed by atoms with Crippen molar-refractivity contribution >= 4 is 23.5 Å². The van der Waals surface area contributed by atoms with Crippen LogP contribution in [0.25, 0.3) is 0 Å². The second-order valence-electron chi connectivity index (χ2n) is 6.21. The Kier molecular flexibility index (Phi) is 5.43. The number of carboxylic acid groups (broad SMARTS) is 1. The minimum Gasteiger partial charge on any atom is -0.480 e. The number of carbonyl (C=O) groups is 3. The molecule has 2 rings (SSSR count). The van der Waals surface area contributed by atoms with Gasteiger partial charge >= 0.3 is 5.97 Å². The lowest BCUT2D eigenvalue weighted by atomic mass is 10.1. The molecule has 0 aliphatic carbocycles. The second-order valence-corrected chi connectivity index (χ2v) is 6.21. The Morgan fingerprint density at radius 1 is 1.33 bits per heavy atom. The van der Waals surface area contributed by atoms with Gasteiger partial charge in [-0.15, -0.1) is 0 Å². The lowest BCUT2D eigenvalue weighted by Crippen LogP contribution is -2.50. The highest BCUT2D eigenvalue weighted by Gasteiger charge is 2.33. The minimum absolute atomic E-state index is 0.125. The summed E-state index contributed by atoms with van der Waals surface area (Å²) in [5.74, 6) is -1.14. The normalized spacial score (nSPS) is 16.6. The van der Waals surface area contributed by atoms with Crippen molar-refractivity contribution in [3.05, 3.63) is 24.3 Å². The van der Waals surface area contributed by atoms with E-state index in [0.717, 1.165) is 0 Å². The minimum atomic E-state index is -1.08. The van der Waals surface area contributed by atoms with Crippen LogP contribution in [0.15, 0.2) is 24.3 Å². The van der Waals surface area contributed by atoms with E-state index in [1.54, 1.807) is 31.2 Å². The van der Waals surface area contributed by atoms with Crippen LogP contribution in [-0.4, -0.2) is 53.5 Å². The molecule has 1 N–H and O–H groups in total. The predicted octanol–water partition coefficient (Wildman–Crippen LogP) is 1.37. The number of hydrogen-bond acceptors (Lipinski definition) is 4. The van der Waals surface area contributed by atoms with E-state index >= 15 is 0 Å². The van der Waals surface area contributed by atoms with Crippen molar-refractivity contribution in [1.29, 1.82) is 0 Å². The third kappa shape index (κ3) is 4.04. The zero-order valence-electron chi connectivity index (χ0n) is 14.1. The van der Waals surface area contributed by atoms with Gasteiger partial charge in [0.15, 0.2) is 6.10 Å². The Morgan fingerprint density at radius 3 is 2.62 bits per heavy atom. The molecule has 130 valence electrons. The number of rotatable bonds is 6. The van der Waals surface area contributed by atoms with E-state index in [4.69, 9.17) is 9.84 Å². The number of nitrogens with zero attached hydrogens (tertiary/aromatic N) is 2. The number of ether oxygens (including phenoxy) is 1. The van der Waals surface area contributed by atoms with E-state index in [2.05, 4.69) is 0 Å². The van der Waals surface area contributed by atoms with Crippen LogP contribution >= 0.6 is 0 Å². The first-order valence-electron chi connectivity index (χ1n) is 7.86. The molecular weight excluding hydrogens is 312 g/mol. The highest BCUT2D eigenvalue weighted by molar-refractivity contribution is 6.03. The fraction of sp³-hybridized carbons (Fsp3) is 0.471. The third-order valence-corrected chi connectivity index (χ3v) is 3.63. The largest absolute Gasteiger partial charge is 0.480 e. The summed E-state index contributed by atoms with van der Waals surface area (Å²) in [5, 5.41) is 9.01. The van der Waals surface area contributed by atoms with Crippen molar-refractivity contribution in [2.45, 2.75) is 26.9 Å². The summed E-state index contributed by atoms with van der Waals surface area (Å²) < 4.78 is 5.54. The van der Waals surface area contributed by atoms with Gasteiger partial charge in [-0.1, -0.05) is 26.0 Å². The average molecular weight is 334 g/mol. The van der Waals surface area contributed by atoms with Gasteiger partial charge in [-0.2, -0.15) is 0 Å². The van der Waals surface area contributed by atoms with Crippen LogP contribution in [0, 0.1) is 5.92 Å². The fourth-order valence-electron chi connectivity index (χ4n) is 2.62. The van der Waals surface area contributed by atoms with Crippen LogP contribution in [0.4, 0.5) is 5.69 Å². The Hall–Kier alpha value is -2.57. The second kappa shape index (κ2) is 7.33. The van der Waals surface area contributed by atoms with Gasteiger partial charge in [-0.25, -0.2) is 0 Å². The number of aliphatic carboxylic acids is 1. The van der Waals surface area contributed by atoms with Gasteiger partial charge in [0.25, 0.3) is 5.91 Å². The first-order chi connectivity index (χ1) is 11.3. The van der Waals surface area contributed by atoms with Crippen LogP contribution in [-0.2, 0) is 14.4 Å². The Labute approximate surface area is 140 Å². The number of carbonyl (C=O) groups excluding carboxylic acids is 2. The van der Waals surface area contributed by atoms with Crippen LogP contribution in [0.1, 0.15) is 20.8 Å². The first-order valence-corrected chi connectivity index (χ1v) is 7.86. The van der Waals surface area contributed by atoms with Gasteiger partial charge in [0, 0.05) is 6.54 Å². The zero-order chi connectivity index (χ0) is 17.9. The molecule has 1 aliphatic rings. The number of para-hydroxylation sites is 2. The molecule has 24 heavy (non-hydrogen) atoms. The summed E-state index contributed by atoms with van der Waals surface area (Å²) in [6.45, 7) is 5.16. The van der Waals surface area contributed by atoms with Crippen molar-refractivity contribution in [2.75, 3.05) is 24.5 Å². The molecule has 1 aliphatic heterocycles. The van der Waals surface area contributed by atoms with Crippen molar-refractivity contribution in [3.63, 3.8) is 0 Å². The number of benzene rings is 1. The maximum absolute atomic E-state index is 12.6. The van der Waals surface area contributed by atoms with Gasteiger partial charge < -0.3 is 14.7 Å². The van der Waals surface area contributed by atoms with E-state index in [-0.39, 0.29) is 24.9 Å². The van der Waals surface area contributed by atoms with E-state index in [1.165, 1.54) is 9.80 Å². The molecule has 1 atom stereocenters. The van der Waals surface area contributed by atoms with Gasteiger partial charge in [-0.05, 0) is 25.0 Å².